The molecule has 2 rings (SSSR count). The molecule has 0 saturated heterocycles. The molecule has 0 atom stereocenters. The fraction of sp³-hybridized carbons (Fsp3) is 0.286. The fourth-order valence-corrected chi connectivity index (χ4v) is 2.48. The summed E-state index contributed by atoms with van der Waals surface area (Å²) in [5, 5.41) is 15.6. The Hall–Kier alpha value is -2.86. The minimum Gasteiger partial charge on any atom is -0.489 e. The standard InChI is InChI=1S/C21H26FN3O2/c1-3-11-27-20-8-6-5-7-17(20)14-25-21(23-4-2)24-13-16-9-10-19(22)18(12-16)15-26/h3,5-10,12,26H,1,4,11,13-15H2,2H3,(H2,23,24,25). The van der Waals surface area contributed by atoms with Crippen molar-refractivity contribution in [1.29, 1.82) is 0 Å². The third-order valence-electron chi connectivity index (χ3n) is 3.82. The summed E-state index contributed by atoms with van der Waals surface area (Å²) in [6.07, 6.45) is 1.71. The molecule has 5 nitrogen and oxygen atoms in total. The first-order valence-electron chi connectivity index (χ1n) is 8.89. The molecule has 0 spiro atoms. The average molecular weight is 371 g/mol. The molecule has 0 aliphatic heterocycles. The van der Waals surface area contributed by atoms with Gasteiger partial charge in [-0.1, -0.05) is 36.9 Å². The van der Waals surface area contributed by atoms with Crippen molar-refractivity contribution in [3.8, 4) is 5.75 Å². The van der Waals surface area contributed by atoms with Crippen LogP contribution in [0, 0.1) is 5.82 Å². The lowest BCUT2D eigenvalue weighted by Crippen LogP contribution is -2.36. The molecule has 0 amide bonds. The fourth-order valence-electron chi connectivity index (χ4n) is 2.48. The van der Waals surface area contributed by atoms with Gasteiger partial charge >= 0.3 is 0 Å². The summed E-state index contributed by atoms with van der Waals surface area (Å²) in [6, 6.07) is 12.4. The number of rotatable bonds is 9. The number of hydrogen-bond acceptors (Lipinski definition) is 3. The molecule has 0 aliphatic carbocycles. The Bertz CT molecular complexity index is 778. The van der Waals surface area contributed by atoms with Crippen molar-refractivity contribution < 1.29 is 14.2 Å². The molecule has 2 aromatic carbocycles. The molecule has 0 fully saturated rings. The number of aliphatic hydroxyl groups excluding tert-OH is 1. The van der Waals surface area contributed by atoms with Crippen LogP contribution in [0.2, 0.25) is 0 Å². The molecule has 144 valence electrons. The van der Waals surface area contributed by atoms with Crippen molar-refractivity contribution in [2.24, 2.45) is 4.99 Å². The molecule has 0 unspecified atom stereocenters. The zero-order chi connectivity index (χ0) is 19.5. The van der Waals surface area contributed by atoms with E-state index >= 15 is 0 Å². The number of para-hydroxylation sites is 1. The van der Waals surface area contributed by atoms with Crippen LogP contribution in [0.5, 0.6) is 5.75 Å². The van der Waals surface area contributed by atoms with E-state index in [1.165, 1.54) is 6.07 Å². The molecule has 0 heterocycles. The normalized spacial score (nSPS) is 11.1. The highest BCUT2D eigenvalue weighted by Gasteiger charge is 2.05. The first-order chi connectivity index (χ1) is 13.2. The zero-order valence-electron chi connectivity index (χ0n) is 15.5. The maximum Gasteiger partial charge on any atom is 0.191 e. The SMILES string of the molecule is C=CCOc1ccccc1CNC(=NCc1ccc(F)c(CO)c1)NCC. The predicted molar refractivity (Wildman–Crippen MR) is 106 cm³/mol. The number of aliphatic hydroxyl groups is 1. The molecule has 0 aromatic heterocycles. The monoisotopic (exact) mass is 371 g/mol. The van der Waals surface area contributed by atoms with E-state index in [4.69, 9.17) is 4.74 Å². The average Bonchev–Trinajstić information content (AvgIpc) is 2.70. The maximum atomic E-state index is 13.5. The number of hydrogen-bond donors (Lipinski definition) is 3. The highest BCUT2D eigenvalue weighted by molar-refractivity contribution is 5.79. The zero-order valence-corrected chi connectivity index (χ0v) is 15.5. The van der Waals surface area contributed by atoms with Gasteiger partial charge in [-0.05, 0) is 30.7 Å². The van der Waals surface area contributed by atoms with Crippen molar-refractivity contribution in [3.63, 3.8) is 0 Å². The molecular formula is C21H26FN3O2. The van der Waals surface area contributed by atoms with Crippen LogP contribution in [0.25, 0.3) is 0 Å². The smallest absolute Gasteiger partial charge is 0.191 e. The lowest BCUT2D eigenvalue weighted by Gasteiger charge is -2.14. The minimum absolute atomic E-state index is 0.272. The highest BCUT2D eigenvalue weighted by Crippen LogP contribution is 2.17. The van der Waals surface area contributed by atoms with Gasteiger partial charge in [0.05, 0.1) is 13.2 Å². The Balaban J connectivity index is 2.05. The lowest BCUT2D eigenvalue weighted by molar-refractivity contribution is 0.275. The lowest BCUT2D eigenvalue weighted by atomic mass is 10.1. The van der Waals surface area contributed by atoms with Gasteiger partial charge in [-0.25, -0.2) is 9.38 Å². The second-order valence-electron chi connectivity index (χ2n) is 5.84. The number of aliphatic imine (C=N–C) groups is 1. The largest absolute Gasteiger partial charge is 0.489 e. The maximum absolute atomic E-state index is 13.5. The molecule has 0 saturated carbocycles. The molecule has 0 radical (unpaired) electrons. The Morgan fingerprint density at radius 3 is 2.78 bits per heavy atom. The van der Waals surface area contributed by atoms with Crippen LogP contribution >= 0.6 is 0 Å². The van der Waals surface area contributed by atoms with Crippen molar-refractivity contribution in [2.45, 2.75) is 26.6 Å². The summed E-state index contributed by atoms with van der Waals surface area (Å²) < 4.78 is 19.2. The number of ether oxygens (including phenoxy) is 1. The van der Waals surface area contributed by atoms with Gasteiger partial charge in [0.25, 0.3) is 0 Å². The summed E-state index contributed by atoms with van der Waals surface area (Å²) in [6.45, 7) is 7.40. The third kappa shape index (κ3) is 6.42. The Morgan fingerprint density at radius 1 is 1.22 bits per heavy atom. The molecular weight excluding hydrogens is 345 g/mol. The summed E-state index contributed by atoms with van der Waals surface area (Å²) in [7, 11) is 0. The Labute approximate surface area is 159 Å². The van der Waals surface area contributed by atoms with Gasteiger partial charge in [-0.2, -0.15) is 0 Å². The number of nitrogens with one attached hydrogen (secondary N) is 2. The van der Waals surface area contributed by atoms with Gasteiger partial charge in [0.1, 0.15) is 18.2 Å². The van der Waals surface area contributed by atoms with Gasteiger partial charge in [-0.3, -0.25) is 0 Å². The van der Waals surface area contributed by atoms with Crippen LogP contribution in [0.4, 0.5) is 4.39 Å². The van der Waals surface area contributed by atoms with Gasteiger partial charge in [0.2, 0.25) is 0 Å². The van der Waals surface area contributed by atoms with Crippen LogP contribution in [-0.2, 0) is 19.7 Å². The predicted octanol–water partition coefficient (Wildman–Crippen LogP) is 3.14. The van der Waals surface area contributed by atoms with E-state index in [1.807, 2.05) is 31.2 Å². The minimum atomic E-state index is -0.411. The van der Waals surface area contributed by atoms with Crippen LogP contribution in [-0.4, -0.2) is 24.2 Å². The van der Waals surface area contributed by atoms with Crippen molar-refractivity contribution in [1.82, 2.24) is 10.6 Å². The third-order valence-corrected chi connectivity index (χ3v) is 3.82. The molecule has 0 bridgehead atoms. The number of guanidine groups is 1. The highest BCUT2D eigenvalue weighted by atomic mass is 19.1. The van der Waals surface area contributed by atoms with Crippen LogP contribution in [0.3, 0.4) is 0 Å². The van der Waals surface area contributed by atoms with E-state index in [9.17, 15) is 9.50 Å². The molecule has 6 heteroatoms. The molecule has 27 heavy (non-hydrogen) atoms. The summed E-state index contributed by atoms with van der Waals surface area (Å²) >= 11 is 0. The van der Waals surface area contributed by atoms with E-state index < -0.39 is 5.82 Å². The first kappa shape index (κ1) is 20.5. The molecule has 0 aliphatic rings. The van der Waals surface area contributed by atoms with Gasteiger partial charge in [-0.15, -0.1) is 0 Å². The van der Waals surface area contributed by atoms with E-state index in [2.05, 4.69) is 22.2 Å². The molecule has 2 aromatic rings. The number of nitrogens with zero attached hydrogens (tertiary/aromatic N) is 1. The quantitative estimate of drug-likeness (QED) is 0.360. The summed E-state index contributed by atoms with van der Waals surface area (Å²) in [5.41, 5.74) is 2.11. The summed E-state index contributed by atoms with van der Waals surface area (Å²) in [5.74, 6) is 1.03. The Morgan fingerprint density at radius 2 is 2.04 bits per heavy atom. The van der Waals surface area contributed by atoms with E-state index in [1.54, 1.807) is 18.2 Å². The van der Waals surface area contributed by atoms with Crippen LogP contribution in [0.15, 0.2) is 60.1 Å². The molecule has 3 N–H and O–H groups in total. The van der Waals surface area contributed by atoms with Crippen LogP contribution < -0.4 is 15.4 Å². The van der Waals surface area contributed by atoms with E-state index in [0.29, 0.717) is 32.2 Å². The van der Waals surface area contributed by atoms with Gasteiger partial charge in [0, 0.05) is 24.2 Å². The number of halogens is 1. The second kappa shape index (κ2) is 11.0. The first-order valence-corrected chi connectivity index (χ1v) is 8.89. The van der Waals surface area contributed by atoms with E-state index in [-0.39, 0.29) is 12.2 Å². The van der Waals surface area contributed by atoms with Gasteiger partial charge < -0.3 is 20.5 Å². The second-order valence-corrected chi connectivity index (χ2v) is 5.84. The van der Waals surface area contributed by atoms with E-state index in [0.717, 1.165) is 16.9 Å². The van der Waals surface area contributed by atoms with Crippen molar-refractivity contribution >= 4 is 5.96 Å². The van der Waals surface area contributed by atoms with Gasteiger partial charge in [0.15, 0.2) is 5.96 Å². The van der Waals surface area contributed by atoms with Crippen molar-refractivity contribution in [3.05, 3.63) is 77.6 Å². The summed E-state index contributed by atoms with van der Waals surface area (Å²) in [4.78, 5) is 4.53. The van der Waals surface area contributed by atoms with Crippen molar-refractivity contribution in [2.75, 3.05) is 13.2 Å². The Kier molecular flexibility index (Phi) is 8.32. The van der Waals surface area contributed by atoms with Crippen LogP contribution in [0.1, 0.15) is 23.6 Å². The number of benzene rings is 2. The topological polar surface area (TPSA) is 65.9 Å².